The van der Waals surface area contributed by atoms with Crippen molar-refractivity contribution in [2.24, 2.45) is 11.7 Å². The highest BCUT2D eigenvalue weighted by Gasteiger charge is 2.33. The zero-order valence-corrected chi connectivity index (χ0v) is 10.5. The van der Waals surface area contributed by atoms with E-state index < -0.39 is 29.5 Å². The molecule has 0 bridgehead atoms. The Bertz CT molecular complexity index is 512. The largest absolute Gasteiger partial charge is 0.416 e. The van der Waals surface area contributed by atoms with E-state index in [9.17, 15) is 22.4 Å². The summed E-state index contributed by atoms with van der Waals surface area (Å²) in [6.07, 6.45) is -2.65. The number of nitrogens with one attached hydrogen (secondary N) is 1. The van der Waals surface area contributed by atoms with Crippen LogP contribution in [-0.4, -0.2) is 12.5 Å². The van der Waals surface area contributed by atoms with Crippen LogP contribution in [0.5, 0.6) is 0 Å². The summed E-state index contributed by atoms with van der Waals surface area (Å²) in [7, 11) is 0. The highest BCUT2D eigenvalue weighted by atomic mass is 19.4. The Kier molecular flexibility index (Phi) is 3.99. The molecule has 1 unspecified atom stereocenters. The number of benzene rings is 1. The molecule has 0 aromatic heterocycles. The van der Waals surface area contributed by atoms with Gasteiger partial charge in [-0.15, -0.1) is 0 Å². The van der Waals surface area contributed by atoms with Crippen molar-refractivity contribution in [2.45, 2.75) is 25.1 Å². The third kappa shape index (κ3) is 3.69. The van der Waals surface area contributed by atoms with Crippen molar-refractivity contribution in [3.63, 3.8) is 0 Å². The van der Waals surface area contributed by atoms with Crippen molar-refractivity contribution in [1.29, 1.82) is 0 Å². The lowest BCUT2D eigenvalue weighted by atomic mass is 10.0. The van der Waals surface area contributed by atoms with E-state index in [2.05, 4.69) is 5.32 Å². The topological polar surface area (TPSA) is 55.1 Å². The van der Waals surface area contributed by atoms with Gasteiger partial charge in [0.2, 0.25) is 5.91 Å². The molecule has 3 N–H and O–H groups in total. The molecule has 1 aliphatic rings. The quantitative estimate of drug-likeness (QED) is 0.818. The third-order valence-electron chi connectivity index (χ3n) is 3.17. The number of primary amides is 1. The van der Waals surface area contributed by atoms with Crippen molar-refractivity contribution in [3.05, 3.63) is 35.1 Å². The molecule has 2 rings (SSSR count). The summed E-state index contributed by atoms with van der Waals surface area (Å²) in [5.41, 5.74) is 3.94. The Morgan fingerprint density at radius 2 is 2.00 bits per heavy atom. The van der Waals surface area contributed by atoms with E-state index in [1.54, 1.807) is 0 Å². The highest BCUT2D eigenvalue weighted by molar-refractivity contribution is 5.81. The molecule has 20 heavy (non-hydrogen) atoms. The van der Waals surface area contributed by atoms with Crippen LogP contribution >= 0.6 is 0 Å². The summed E-state index contributed by atoms with van der Waals surface area (Å²) < 4.78 is 51.2. The number of rotatable bonds is 5. The lowest BCUT2D eigenvalue weighted by Crippen LogP contribution is -2.35. The Morgan fingerprint density at radius 3 is 2.50 bits per heavy atom. The average Bonchev–Trinajstić information content (AvgIpc) is 3.11. The van der Waals surface area contributed by atoms with Crippen LogP contribution in [0.1, 0.15) is 30.0 Å². The first-order chi connectivity index (χ1) is 9.27. The van der Waals surface area contributed by atoms with Gasteiger partial charge < -0.3 is 11.1 Å². The van der Waals surface area contributed by atoms with E-state index in [4.69, 9.17) is 5.73 Å². The van der Waals surface area contributed by atoms with Gasteiger partial charge in [0.15, 0.2) is 0 Å². The number of carbonyl (C=O) groups is 1. The molecule has 0 spiro atoms. The SMILES string of the molecule is NC(=O)C(NCC1CC1)c1cc(F)cc(C(F)(F)F)c1. The minimum Gasteiger partial charge on any atom is -0.368 e. The van der Waals surface area contributed by atoms with Crippen molar-refractivity contribution >= 4 is 5.91 Å². The normalized spacial score (nSPS) is 17.0. The zero-order chi connectivity index (χ0) is 14.9. The maximum Gasteiger partial charge on any atom is 0.416 e. The first-order valence-corrected chi connectivity index (χ1v) is 6.18. The Morgan fingerprint density at radius 1 is 1.35 bits per heavy atom. The van der Waals surface area contributed by atoms with Gasteiger partial charge in [0.05, 0.1) is 5.56 Å². The van der Waals surface area contributed by atoms with Crippen LogP contribution in [-0.2, 0) is 11.0 Å². The Labute approximate surface area is 113 Å². The highest BCUT2D eigenvalue weighted by Crippen LogP contribution is 2.32. The van der Waals surface area contributed by atoms with E-state index in [-0.39, 0.29) is 5.56 Å². The molecule has 0 saturated heterocycles. The minimum absolute atomic E-state index is 0.106. The van der Waals surface area contributed by atoms with Gasteiger partial charge in [-0.25, -0.2) is 4.39 Å². The molecular weight excluding hydrogens is 276 g/mol. The number of hydrogen-bond donors (Lipinski definition) is 2. The maximum atomic E-state index is 13.3. The number of amides is 1. The fraction of sp³-hybridized carbons (Fsp3) is 0.462. The molecule has 1 atom stereocenters. The molecule has 3 nitrogen and oxygen atoms in total. The van der Waals surface area contributed by atoms with Gasteiger partial charge in [-0.05, 0) is 49.1 Å². The van der Waals surface area contributed by atoms with E-state index in [0.29, 0.717) is 18.5 Å². The second-order valence-electron chi connectivity index (χ2n) is 4.96. The molecule has 0 radical (unpaired) electrons. The Hall–Kier alpha value is -1.63. The molecular formula is C13H14F4N2O. The van der Waals surface area contributed by atoms with Gasteiger partial charge >= 0.3 is 6.18 Å². The van der Waals surface area contributed by atoms with Crippen LogP contribution in [0.3, 0.4) is 0 Å². The van der Waals surface area contributed by atoms with Gasteiger partial charge in [-0.1, -0.05) is 0 Å². The molecule has 1 aliphatic carbocycles. The lowest BCUT2D eigenvalue weighted by molar-refractivity contribution is -0.138. The molecule has 1 fully saturated rings. The molecule has 7 heteroatoms. The molecule has 0 heterocycles. The van der Waals surface area contributed by atoms with E-state index in [1.807, 2.05) is 0 Å². The lowest BCUT2D eigenvalue weighted by Gasteiger charge is -2.17. The Balaban J connectivity index is 2.26. The second kappa shape index (κ2) is 5.40. The van der Waals surface area contributed by atoms with Crippen molar-refractivity contribution in [3.8, 4) is 0 Å². The first kappa shape index (κ1) is 14.8. The van der Waals surface area contributed by atoms with Crippen LogP contribution in [0.2, 0.25) is 0 Å². The van der Waals surface area contributed by atoms with Gasteiger partial charge in [-0.2, -0.15) is 13.2 Å². The number of alkyl halides is 3. The van der Waals surface area contributed by atoms with Gasteiger partial charge in [0, 0.05) is 0 Å². The van der Waals surface area contributed by atoms with Gasteiger partial charge in [0.1, 0.15) is 11.9 Å². The molecule has 1 aromatic carbocycles. The molecule has 1 saturated carbocycles. The predicted molar refractivity (Wildman–Crippen MR) is 64.1 cm³/mol. The summed E-state index contributed by atoms with van der Waals surface area (Å²) in [6.45, 7) is 0.478. The molecule has 1 amide bonds. The van der Waals surface area contributed by atoms with Crippen molar-refractivity contribution in [1.82, 2.24) is 5.32 Å². The number of carbonyl (C=O) groups excluding carboxylic acids is 1. The molecule has 1 aromatic rings. The summed E-state index contributed by atoms with van der Waals surface area (Å²) >= 11 is 0. The smallest absolute Gasteiger partial charge is 0.368 e. The van der Waals surface area contributed by atoms with Gasteiger partial charge in [-0.3, -0.25) is 4.79 Å². The van der Waals surface area contributed by atoms with Crippen LogP contribution in [0.4, 0.5) is 17.6 Å². The van der Waals surface area contributed by atoms with E-state index in [1.165, 1.54) is 0 Å². The van der Waals surface area contributed by atoms with Crippen molar-refractivity contribution < 1.29 is 22.4 Å². The number of hydrogen-bond acceptors (Lipinski definition) is 2. The minimum atomic E-state index is -4.67. The van der Waals surface area contributed by atoms with Gasteiger partial charge in [0.25, 0.3) is 0 Å². The fourth-order valence-corrected chi connectivity index (χ4v) is 1.93. The molecule has 110 valence electrons. The summed E-state index contributed by atoms with van der Waals surface area (Å²) in [5.74, 6) is -1.47. The van der Waals surface area contributed by atoms with Crippen LogP contribution in [0, 0.1) is 11.7 Å². The second-order valence-corrected chi connectivity index (χ2v) is 4.96. The monoisotopic (exact) mass is 290 g/mol. The standard InChI is InChI=1S/C13H14F4N2O/c14-10-4-8(3-9(5-10)13(15,16)17)11(12(18)20)19-6-7-1-2-7/h3-5,7,11,19H,1-2,6H2,(H2,18,20). The first-order valence-electron chi connectivity index (χ1n) is 6.18. The predicted octanol–water partition coefficient (Wildman–Crippen LogP) is 2.37. The summed E-state index contributed by atoms with van der Waals surface area (Å²) in [4.78, 5) is 11.4. The zero-order valence-electron chi connectivity index (χ0n) is 10.5. The van der Waals surface area contributed by atoms with Crippen LogP contribution in [0.25, 0.3) is 0 Å². The third-order valence-corrected chi connectivity index (χ3v) is 3.17. The average molecular weight is 290 g/mol. The van der Waals surface area contributed by atoms with Crippen LogP contribution in [0.15, 0.2) is 18.2 Å². The van der Waals surface area contributed by atoms with Crippen LogP contribution < -0.4 is 11.1 Å². The van der Waals surface area contributed by atoms with E-state index in [0.717, 1.165) is 25.0 Å². The maximum absolute atomic E-state index is 13.3. The molecule has 0 aliphatic heterocycles. The number of halogens is 4. The fourth-order valence-electron chi connectivity index (χ4n) is 1.93. The summed E-state index contributed by atoms with van der Waals surface area (Å²) in [5, 5.41) is 2.79. The van der Waals surface area contributed by atoms with Crippen molar-refractivity contribution in [2.75, 3.05) is 6.54 Å². The number of nitrogens with two attached hydrogens (primary N) is 1. The van der Waals surface area contributed by atoms with E-state index >= 15 is 0 Å². The summed E-state index contributed by atoms with van der Waals surface area (Å²) in [6, 6.07) is 0.915.